The van der Waals surface area contributed by atoms with Crippen molar-refractivity contribution in [2.45, 2.75) is 32.5 Å². The zero-order valence-electron chi connectivity index (χ0n) is 13.4. The van der Waals surface area contributed by atoms with E-state index in [2.05, 4.69) is 10.2 Å². The van der Waals surface area contributed by atoms with Crippen molar-refractivity contribution >= 4 is 11.7 Å². The summed E-state index contributed by atoms with van der Waals surface area (Å²) in [5, 5.41) is 8.25. The highest BCUT2D eigenvalue weighted by molar-refractivity contribution is 5.89. The molecule has 22 heavy (non-hydrogen) atoms. The van der Waals surface area contributed by atoms with Gasteiger partial charge in [0, 0.05) is 14.2 Å². The van der Waals surface area contributed by atoms with Gasteiger partial charge in [0.05, 0.1) is 24.4 Å². The molecule has 0 saturated heterocycles. The van der Waals surface area contributed by atoms with E-state index in [9.17, 15) is 4.79 Å². The van der Waals surface area contributed by atoms with Gasteiger partial charge in [0.1, 0.15) is 0 Å². The van der Waals surface area contributed by atoms with E-state index in [0.29, 0.717) is 18.7 Å². The van der Waals surface area contributed by atoms with E-state index in [1.54, 1.807) is 45.4 Å². The normalized spacial score (nSPS) is 11.3. The molecule has 0 aliphatic rings. The van der Waals surface area contributed by atoms with Gasteiger partial charge in [-0.3, -0.25) is 0 Å². The minimum Gasteiger partial charge on any atom is -0.462 e. The third-order valence-corrected chi connectivity index (χ3v) is 3.04. The van der Waals surface area contributed by atoms with Gasteiger partial charge in [-0.1, -0.05) is 0 Å². The van der Waals surface area contributed by atoms with Gasteiger partial charge < -0.3 is 14.2 Å². The van der Waals surface area contributed by atoms with Gasteiger partial charge in [0.2, 0.25) is 0 Å². The number of hydrogen-bond donors (Lipinski definition) is 0. The van der Waals surface area contributed by atoms with E-state index in [0.717, 1.165) is 24.9 Å². The monoisotopic (exact) mass is 308 g/mol. The molecular weight excluding hydrogens is 284 g/mol. The molecule has 0 atom stereocenters. The summed E-state index contributed by atoms with van der Waals surface area (Å²) in [5.41, 5.74) is 1.24. The Kier molecular flexibility index (Phi) is 9.02. The van der Waals surface area contributed by atoms with Crippen LogP contribution in [-0.4, -0.2) is 39.6 Å². The van der Waals surface area contributed by atoms with Crippen molar-refractivity contribution in [3.8, 4) is 0 Å². The fourth-order valence-corrected chi connectivity index (χ4v) is 1.84. The standard InChI is InChI=1S/C16H24N2O4/c1-4-22-16(19)13-8-10-14(11-9-13)18-17-12-6-5-7-15(20-2)21-3/h8-11,15H,4-7,12H2,1-3H3. The van der Waals surface area contributed by atoms with E-state index < -0.39 is 0 Å². The molecule has 0 spiro atoms. The van der Waals surface area contributed by atoms with Crippen molar-refractivity contribution in [3.63, 3.8) is 0 Å². The molecule has 1 rings (SSSR count). The minimum absolute atomic E-state index is 0.146. The molecule has 0 amide bonds. The van der Waals surface area contributed by atoms with Gasteiger partial charge in [-0.2, -0.15) is 10.2 Å². The molecule has 0 radical (unpaired) electrons. The number of carbonyl (C=O) groups is 1. The van der Waals surface area contributed by atoms with Crippen LogP contribution in [0.15, 0.2) is 34.5 Å². The van der Waals surface area contributed by atoms with Gasteiger partial charge in [-0.05, 0) is 50.5 Å². The molecule has 0 fully saturated rings. The lowest BCUT2D eigenvalue weighted by molar-refractivity contribution is -0.107. The Labute approximate surface area is 131 Å². The number of unbranched alkanes of at least 4 members (excludes halogenated alkanes) is 1. The van der Waals surface area contributed by atoms with Crippen molar-refractivity contribution < 1.29 is 19.0 Å². The number of methoxy groups -OCH3 is 2. The van der Waals surface area contributed by atoms with Crippen LogP contribution in [0.2, 0.25) is 0 Å². The van der Waals surface area contributed by atoms with E-state index in [4.69, 9.17) is 14.2 Å². The summed E-state index contributed by atoms with van der Waals surface area (Å²) in [7, 11) is 3.27. The Morgan fingerprint density at radius 3 is 2.41 bits per heavy atom. The van der Waals surface area contributed by atoms with Crippen molar-refractivity contribution in [2.24, 2.45) is 10.2 Å². The van der Waals surface area contributed by atoms with Crippen LogP contribution in [0.4, 0.5) is 5.69 Å². The highest BCUT2D eigenvalue weighted by Crippen LogP contribution is 2.14. The van der Waals surface area contributed by atoms with Gasteiger partial charge >= 0.3 is 5.97 Å². The number of nitrogens with zero attached hydrogens (tertiary/aromatic N) is 2. The van der Waals surface area contributed by atoms with E-state index >= 15 is 0 Å². The molecule has 0 N–H and O–H groups in total. The third kappa shape index (κ3) is 6.78. The summed E-state index contributed by atoms with van der Waals surface area (Å²) in [6.07, 6.45) is 2.59. The number of ether oxygens (including phenoxy) is 3. The minimum atomic E-state index is -0.322. The zero-order chi connectivity index (χ0) is 16.2. The number of carbonyl (C=O) groups excluding carboxylic acids is 1. The SMILES string of the molecule is CCOC(=O)c1ccc(N=NCCCCC(OC)OC)cc1. The van der Waals surface area contributed by atoms with Crippen LogP contribution in [0.3, 0.4) is 0 Å². The second kappa shape index (κ2) is 10.9. The summed E-state index contributed by atoms with van der Waals surface area (Å²) in [5.74, 6) is -0.322. The molecule has 122 valence electrons. The molecule has 0 aliphatic heterocycles. The Bertz CT molecular complexity index is 456. The number of hydrogen-bond acceptors (Lipinski definition) is 6. The fourth-order valence-electron chi connectivity index (χ4n) is 1.84. The summed E-state index contributed by atoms with van der Waals surface area (Å²) in [6.45, 7) is 2.80. The van der Waals surface area contributed by atoms with Crippen LogP contribution >= 0.6 is 0 Å². The number of azo groups is 1. The van der Waals surface area contributed by atoms with Gasteiger partial charge in [-0.15, -0.1) is 0 Å². The van der Waals surface area contributed by atoms with Crippen molar-refractivity contribution in [2.75, 3.05) is 27.4 Å². The molecule has 1 aromatic rings. The maximum absolute atomic E-state index is 11.5. The number of rotatable bonds is 10. The molecular formula is C16H24N2O4. The fraction of sp³-hybridized carbons (Fsp3) is 0.562. The molecule has 0 unspecified atom stereocenters. The topological polar surface area (TPSA) is 69.5 Å². The quantitative estimate of drug-likeness (QED) is 0.286. The lowest BCUT2D eigenvalue weighted by Gasteiger charge is -2.11. The largest absolute Gasteiger partial charge is 0.462 e. The molecule has 0 aliphatic carbocycles. The maximum atomic E-state index is 11.5. The molecule has 0 aromatic heterocycles. The summed E-state index contributed by atoms with van der Waals surface area (Å²) >= 11 is 0. The smallest absolute Gasteiger partial charge is 0.338 e. The maximum Gasteiger partial charge on any atom is 0.338 e. The first-order valence-electron chi connectivity index (χ1n) is 7.41. The predicted octanol–water partition coefficient (Wildman–Crippen LogP) is 3.74. The second-order valence-electron chi connectivity index (χ2n) is 4.63. The lowest BCUT2D eigenvalue weighted by Crippen LogP contribution is -2.12. The summed E-state index contributed by atoms with van der Waals surface area (Å²) in [4.78, 5) is 11.5. The Balaban J connectivity index is 2.30. The summed E-state index contributed by atoms with van der Waals surface area (Å²) in [6, 6.07) is 6.88. The molecule has 6 heteroatoms. The number of esters is 1. The Morgan fingerprint density at radius 1 is 1.14 bits per heavy atom. The molecule has 6 nitrogen and oxygen atoms in total. The van der Waals surface area contributed by atoms with E-state index in [1.807, 2.05) is 0 Å². The zero-order valence-corrected chi connectivity index (χ0v) is 13.4. The first-order chi connectivity index (χ1) is 10.7. The highest BCUT2D eigenvalue weighted by atomic mass is 16.7. The lowest BCUT2D eigenvalue weighted by atomic mass is 10.2. The first kappa shape index (κ1) is 18.3. The van der Waals surface area contributed by atoms with E-state index in [-0.39, 0.29) is 12.3 Å². The Morgan fingerprint density at radius 2 is 1.82 bits per heavy atom. The highest BCUT2D eigenvalue weighted by Gasteiger charge is 2.05. The van der Waals surface area contributed by atoms with Crippen LogP contribution < -0.4 is 0 Å². The van der Waals surface area contributed by atoms with Gasteiger partial charge in [0.25, 0.3) is 0 Å². The van der Waals surface area contributed by atoms with Crippen molar-refractivity contribution in [1.29, 1.82) is 0 Å². The van der Waals surface area contributed by atoms with Crippen LogP contribution in [0.25, 0.3) is 0 Å². The average Bonchev–Trinajstić information content (AvgIpc) is 2.55. The van der Waals surface area contributed by atoms with Gasteiger partial charge in [-0.25, -0.2) is 4.79 Å². The van der Waals surface area contributed by atoms with Crippen molar-refractivity contribution in [3.05, 3.63) is 29.8 Å². The Hall–Kier alpha value is -1.79. The average molecular weight is 308 g/mol. The first-order valence-corrected chi connectivity index (χ1v) is 7.41. The molecule has 1 aromatic carbocycles. The second-order valence-corrected chi connectivity index (χ2v) is 4.63. The molecule has 0 bridgehead atoms. The van der Waals surface area contributed by atoms with Crippen LogP contribution in [0, 0.1) is 0 Å². The predicted molar refractivity (Wildman–Crippen MR) is 83.4 cm³/mol. The third-order valence-electron chi connectivity index (χ3n) is 3.04. The van der Waals surface area contributed by atoms with E-state index in [1.165, 1.54) is 0 Å². The molecule has 0 saturated carbocycles. The summed E-state index contributed by atoms with van der Waals surface area (Å²) < 4.78 is 15.1. The molecule has 0 heterocycles. The number of benzene rings is 1. The van der Waals surface area contributed by atoms with Crippen molar-refractivity contribution in [1.82, 2.24) is 0 Å². The van der Waals surface area contributed by atoms with Crippen LogP contribution in [0.1, 0.15) is 36.5 Å². The van der Waals surface area contributed by atoms with Crippen LogP contribution in [0.5, 0.6) is 0 Å². The van der Waals surface area contributed by atoms with Crippen LogP contribution in [-0.2, 0) is 14.2 Å². The van der Waals surface area contributed by atoms with Gasteiger partial charge in [0.15, 0.2) is 6.29 Å².